The lowest BCUT2D eigenvalue weighted by Gasteiger charge is -2.29. The van der Waals surface area contributed by atoms with Gasteiger partial charge in [-0.05, 0) is 64.0 Å². The lowest BCUT2D eigenvalue weighted by Crippen LogP contribution is -2.42. The fourth-order valence-corrected chi connectivity index (χ4v) is 8.70. The Morgan fingerprint density at radius 2 is 1.80 bits per heavy atom. The van der Waals surface area contributed by atoms with Gasteiger partial charge in [-0.3, -0.25) is 19.3 Å². The third-order valence-electron chi connectivity index (χ3n) is 11.6. The first-order valence-corrected chi connectivity index (χ1v) is 19.4. The molecular formula is C42H50FN7O6. The quantitative estimate of drug-likeness (QED) is 0.161. The highest BCUT2D eigenvalue weighted by Crippen LogP contribution is 2.49. The molecule has 0 radical (unpaired) electrons. The maximum Gasteiger partial charge on any atom is 0.256 e. The fraction of sp³-hybridized carbons (Fsp3) is 0.452. The van der Waals surface area contributed by atoms with Gasteiger partial charge in [0.25, 0.3) is 5.91 Å². The number of likely N-dealkylation sites (tertiary alicyclic amines) is 1. The van der Waals surface area contributed by atoms with Crippen molar-refractivity contribution in [1.29, 1.82) is 0 Å². The number of hydrogen-bond donors (Lipinski definition) is 3. The molecule has 5 aromatic rings. The number of rotatable bonds is 11. The molecule has 0 bridgehead atoms. The first-order chi connectivity index (χ1) is 26.8. The second-order valence-corrected chi connectivity index (χ2v) is 15.1. The van der Waals surface area contributed by atoms with Crippen molar-refractivity contribution in [3.05, 3.63) is 70.3 Å². The van der Waals surface area contributed by atoms with Gasteiger partial charge in [-0.1, -0.05) is 25.6 Å². The number of nitrogens with zero attached hydrogens (tertiary/aromatic N) is 4. The molecule has 2 atom stereocenters. The van der Waals surface area contributed by atoms with E-state index in [-0.39, 0.29) is 48.3 Å². The first kappa shape index (κ1) is 37.9. The van der Waals surface area contributed by atoms with Gasteiger partial charge in [0.05, 0.1) is 30.8 Å². The summed E-state index contributed by atoms with van der Waals surface area (Å²) in [5, 5.41) is 11.1. The summed E-state index contributed by atoms with van der Waals surface area (Å²) in [6.45, 7) is 6.73. The van der Waals surface area contributed by atoms with Crippen LogP contribution in [0.1, 0.15) is 43.5 Å². The number of benzene rings is 3. The Kier molecular flexibility index (Phi) is 10.7. The van der Waals surface area contributed by atoms with E-state index in [2.05, 4.69) is 32.8 Å². The molecule has 2 amide bonds. The number of para-hydroxylation sites is 1. The standard InChI is InChI=1S/C41H46FN7O6.CH4/c1-46-12-4-5-26(46)8-10-43-22-36(50)45-25-9-13-48(23-25)38-31(42)19-29-37-40(38)55-35-20-28-27-6-2-3-7-33(27)54-34(28)21-32(35)49(37)24-30(39(29)51)41(52)44-11-14-47-15-17-53-18-16-47;/h2-3,6-7,19-21,24-26,43H,4-5,8-18,22-23H2,1H3,(H,44,52)(H,45,50);1H4/t25-,26?;/m1./s1. The van der Waals surface area contributed by atoms with E-state index in [0.29, 0.717) is 80.0 Å². The normalized spacial score (nSPS) is 19.6. The third-order valence-corrected chi connectivity index (χ3v) is 11.6. The second kappa shape index (κ2) is 15.8. The van der Waals surface area contributed by atoms with Crippen LogP contribution in [0.15, 0.2) is 57.9 Å². The SMILES string of the molecule is C.CN1CCCC1CCNCC(=O)N[C@@H]1CCN(c2c(F)cc3c(=O)c(C(=O)NCCN4CCOCC4)cn4c3c2Oc2cc3c(cc2-4)oc2ccccc23)C1. The second-order valence-electron chi connectivity index (χ2n) is 15.1. The van der Waals surface area contributed by atoms with E-state index in [4.69, 9.17) is 13.9 Å². The summed E-state index contributed by atoms with van der Waals surface area (Å²) >= 11 is 0. The first-order valence-electron chi connectivity index (χ1n) is 19.4. The number of aromatic nitrogens is 1. The number of carbonyl (C=O) groups excluding carboxylic acids is 2. The van der Waals surface area contributed by atoms with Gasteiger partial charge in [0.2, 0.25) is 11.3 Å². The summed E-state index contributed by atoms with van der Waals surface area (Å²) < 4.78 is 36.5. The Balaban J connectivity index is 0.00000441. The van der Waals surface area contributed by atoms with Crippen molar-refractivity contribution in [2.75, 3.05) is 84.1 Å². The van der Waals surface area contributed by atoms with Crippen LogP contribution in [0.25, 0.3) is 38.5 Å². The minimum atomic E-state index is -0.639. The summed E-state index contributed by atoms with van der Waals surface area (Å²) in [7, 11) is 2.15. The number of ether oxygens (including phenoxy) is 2. The van der Waals surface area contributed by atoms with E-state index in [1.807, 2.05) is 41.3 Å². The van der Waals surface area contributed by atoms with E-state index in [9.17, 15) is 14.4 Å². The molecule has 0 aliphatic carbocycles. The highest BCUT2D eigenvalue weighted by molar-refractivity contribution is 6.07. The number of halogens is 1. The highest BCUT2D eigenvalue weighted by Gasteiger charge is 2.34. The van der Waals surface area contributed by atoms with E-state index >= 15 is 4.39 Å². The largest absolute Gasteiger partial charge is 0.456 e. The molecule has 9 rings (SSSR count). The average Bonchev–Trinajstić information content (AvgIpc) is 3.92. The summed E-state index contributed by atoms with van der Waals surface area (Å²) in [6.07, 6.45) is 5.56. The maximum atomic E-state index is 16.5. The average molecular weight is 768 g/mol. The molecular weight excluding hydrogens is 718 g/mol. The lowest BCUT2D eigenvalue weighted by molar-refractivity contribution is -0.120. The predicted octanol–water partition coefficient (Wildman–Crippen LogP) is 4.60. The molecule has 56 heavy (non-hydrogen) atoms. The monoisotopic (exact) mass is 767 g/mol. The zero-order valence-corrected chi connectivity index (χ0v) is 31.0. The number of nitrogens with one attached hydrogen (secondary N) is 3. The Labute approximate surface area is 324 Å². The van der Waals surface area contributed by atoms with Crippen LogP contribution in [0, 0.1) is 5.82 Å². The zero-order chi connectivity index (χ0) is 37.6. The number of amides is 2. The molecule has 13 nitrogen and oxygen atoms in total. The van der Waals surface area contributed by atoms with Crippen molar-refractivity contribution in [2.45, 2.75) is 45.2 Å². The molecule has 3 aromatic carbocycles. The van der Waals surface area contributed by atoms with Gasteiger partial charge in [0.1, 0.15) is 27.9 Å². The molecule has 0 saturated carbocycles. The topological polar surface area (TPSA) is 134 Å². The molecule has 3 saturated heterocycles. The molecule has 0 spiro atoms. The van der Waals surface area contributed by atoms with Gasteiger partial charge >= 0.3 is 0 Å². The molecule has 296 valence electrons. The molecule has 14 heteroatoms. The van der Waals surface area contributed by atoms with Crippen molar-refractivity contribution in [3.8, 4) is 17.2 Å². The number of anilines is 1. The van der Waals surface area contributed by atoms with Gasteiger partial charge in [-0.15, -0.1) is 0 Å². The Hall–Kier alpha value is -5.02. The van der Waals surface area contributed by atoms with E-state index in [0.717, 1.165) is 43.4 Å². The van der Waals surface area contributed by atoms with Crippen LogP contribution >= 0.6 is 0 Å². The van der Waals surface area contributed by atoms with E-state index < -0.39 is 17.2 Å². The number of carbonyl (C=O) groups is 2. The number of fused-ring (bicyclic) bond motifs is 5. The van der Waals surface area contributed by atoms with Gasteiger partial charge in [-0.2, -0.15) is 0 Å². The van der Waals surface area contributed by atoms with Crippen molar-refractivity contribution >= 4 is 50.3 Å². The Morgan fingerprint density at radius 1 is 0.964 bits per heavy atom. The molecule has 6 heterocycles. The number of pyridine rings is 1. The molecule has 3 N–H and O–H groups in total. The number of hydrogen-bond acceptors (Lipinski definition) is 10. The highest BCUT2D eigenvalue weighted by atomic mass is 19.1. The van der Waals surface area contributed by atoms with Crippen molar-refractivity contribution in [1.82, 2.24) is 30.3 Å². The van der Waals surface area contributed by atoms with Gasteiger partial charge in [0.15, 0.2) is 17.3 Å². The fourth-order valence-electron chi connectivity index (χ4n) is 8.70. The summed E-state index contributed by atoms with van der Waals surface area (Å²) in [5.41, 5.74) is 1.76. The number of furan rings is 1. The van der Waals surface area contributed by atoms with E-state index in [1.54, 1.807) is 4.57 Å². The predicted molar refractivity (Wildman–Crippen MR) is 215 cm³/mol. The number of morpholine rings is 1. The van der Waals surface area contributed by atoms with Crippen LogP contribution < -0.4 is 31.0 Å². The van der Waals surface area contributed by atoms with Crippen LogP contribution in [-0.2, 0) is 9.53 Å². The molecule has 1 unspecified atom stereocenters. The van der Waals surface area contributed by atoms with Crippen LogP contribution in [0.2, 0.25) is 0 Å². The van der Waals surface area contributed by atoms with Crippen LogP contribution in [0.3, 0.4) is 0 Å². The Bertz CT molecular complexity index is 2350. The van der Waals surface area contributed by atoms with Crippen molar-refractivity contribution in [3.63, 3.8) is 0 Å². The minimum absolute atomic E-state index is 0. The van der Waals surface area contributed by atoms with Crippen molar-refractivity contribution in [2.24, 2.45) is 0 Å². The van der Waals surface area contributed by atoms with Crippen LogP contribution in [0.4, 0.5) is 10.1 Å². The summed E-state index contributed by atoms with van der Waals surface area (Å²) in [4.78, 5) is 47.1. The molecule has 4 aliphatic heterocycles. The summed E-state index contributed by atoms with van der Waals surface area (Å²) in [6, 6.07) is 13.0. The Morgan fingerprint density at radius 3 is 2.62 bits per heavy atom. The van der Waals surface area contributed by atoms with Crippen LogP contribution in [0.5, 0.6) is 11.5 Å². The lowest BCUT2D eigenvalue weighted by atomic mass is 10.0. The van der Waals surface area contributed by atoms with E-state index in [1.165, 1.54) is 25.1 Å². The molecule has 4 aliphatic rings. The van der Waals surface area contributed by atoms with Gasteiger partial charge in [0, 0.05) is 74.4 Å². The smallest absolute Gasteiger partial charge is 0.256 e. The summed E-state index contributed by atoms with van der Waals surface area (Å²) in [5.74, 6) is -0.651. The van der Waals surface area contributed by atoms with Crippen molar-refractivity contribution < 1.29 is 27.9 Å². The zero-order valence-electron chi connectivity index (χ0n) is 31.0. The van der Waals surface area contributed by atoms with Gasteiger partial charge in [-0.25, -0.2) is 4.39 Å². The third kappa shape index (κ3) is 7.10. The minimum Gasteiger partial charge on any atom is -0.456 e. The molecule has 3 fully saturated rings. The van der Waals surface area contributed by atoms with Crippen LogP contribution in [-0.4, -0.2) is 117 Å². The van der Waals surface area contributed by atoms with Gasteiger partial charge < -0.3 is 44.2 Å². The maximum absolute atomic E-state index is 16.5. The molecule has 2 aromatic heterocycles.